The fraction of sp³-hybridized carbons (Fsp3) is 0.222. The lowest BCUT2D eigenvalue weighted by Gasteiger charge is -2.07. The number of nitrogens with one attached hydrogen (secondary N) is 1. The molecule has 0 aliphatic carbocycles. The summed E-state index contributed by atoms with van der Waals surface area (Å²) in [7, 11) is 0. The van der Waals surface area contributed by atoms with Gasteiger partial charge in [0, 0.05) is 12.6 Å². The zero-order valence-corrected chi connectivity index (χ0v) is 13.1. The predicted octanol–water partition coefficient (Wildman–Crippen LogP) is 3.25. The van der Waals surface area contributed by atoms with Crippen molar-refractivity contribution >= 4 is 11.9 Å². The fourth-order valence-corrected chi connectivity index (χ4v) is 2.02. The highest BCUT2D eigenvalue weighted by molar-refractivity contribution is 5.94. The average molecular weight is 333 g/mol. The number of aryl methyl sites for hydroxylation is 1. The summed E-state index contributed by atoms with van der Waals surface area (Å²) in [5.41, 5.74) is 0.850. The van der Waals surface area contributed by atoms with Crippen molar-refractivity contribution in [2.75, 3.05) is 6.54 Å². The number of hydrogen-bond acceptors (Lipinski definition) is 3. The van der Waals surface area contributed by atoms with Crippen LogP contribution in [0.4, 0.5) is 8.78 Å². The fourth-order valence-electron chi connectivity index (χ4n) is 2.02. The van der Waals surface area contributed by atoms with E-state index in [-0.39, 0.29) is 18.5 Å². The molecule has 2 rings (SSSR count). The average Bonchev–Trinajstić information content (AvgIpc) is 2.55. The first-order valence-corrected chi connectivity index (χ1v) is 7.52. The Labute approximate surface area is 138 Å². The number of amides is 1. The molecule has 0 aliphatic heterocycles. The Balaban J connectivity index is 1.80. The van der Waals surface area contributed by atoms with Gasteiger partial charge in [0.05, 0.1) is 12.0 Å². The maximum atomic E-state index is 13.4. The number of hydrogen-bond donors (Lipinski definition) is 1. The van der Waals surface area contributed by atoms with Gasteiger partial charge >= 0.3 is 5.97 Å². The molecular formula is C18H17F2NO3. The van der Waals surface area contributed by atoms with Crippen molar-refractivity contribution in [3.8, 4) is 5.75 Å². The van der Waals surface area contributed by atoms with Gasteiger partial charge in [-0.3, -0.25) is 9.59 Å². The van der Waals surface area contributed by atoms with Crippen LogP contribution in [0.2, 0.25) is 0 Å². The molecule has 2 aromatic rings. The predicted molar refractivity (Wildman–Crippen MR) is 84.8 cm³/mol. The third kappa shape index (κ3) is 4.87. The molecular weight excluding hydrogens is 316 g/mol. The van der Waals surface area contributed by atoms with Crippen molar-refractivity contribution < 1.29 is 23.1 Å². The van der Waals surface area contributed by atoms with Crippen LogP contribution in [0.5, 0.6) is 5.75 Å². The van der Waals surface area contributed by atoms with Gasteiger partial charge < -0.3 is 10.1 Å². The summed E-state index contributed by atoms with van der Waals surface area (Å²) >= 11 is 0. The molecule has 0 saturated heterocycles. The Hall–Kier alpha value is -2.76. The van der Waals surface area contributed by atoms with Crippen molar-refractivity contribution in [3.05, 3.63) is 65.2 Å². The second-order valence-electron chi connectivity index (χ2n) is 5.10. The summed E-state index contributed by atoms with van der Waals surface area (Å²) in [6, 6.07) is 9.79. The van der Waals surface area contributed by atoms with E-state index in [9.17, 15) is 18.4 Å². The smallest absolute Gasteiger partial charge is 0.312 e. The highest BCUT2D eigenvalue weighted by Gasteiger charge is 2.13. The SMILES string of the molecule is CCc1ccc(OC(=O)CCNC(=O)c2ccc(F)cc2F)cc1. The lowest BCUT2D eigenvalue weighted by molar-refractivity contribution is -0.134. The third-order valence-corrected chi connectivity index (χ3v) is 3.35. The molecule has 0 aliphatic rings. The van der Waals surface area contributed by atoms with Gasteiger partial charge in [0.1, 0.15) is 17.4 Å². The van der Waals surface area contributed by atoms with E-state index in [2.05, 4.69) is 5.32 Å². The van der Waals surface area contributed by atoms with Crippen molar-refractivity contribution in [2.24, 2.45) is 0 Å². The number of carbonyl (C=O) groups is 2. The lowest BCUT2D eigenvalue weighted by atomic mass is 10.2. The van der Waals surface area contributed by atoms with Crippen LogP contribution in [0.25, 0.3) is 0 Å². The van der Waals surface area contributed by atoms with Gasteiger partial charge in [-0.1, -0.05) is 19.1 Å². The number of carbonyl (C=O) groups excluding carboxylic acids is 2. The zero-order valence-electron chi connectivity index (χ0n) is 13.1. The zero-order chi connectivity index (χ0) is 17.5. The molecule has 0 spiro atoms. The molecule has 126 valence electrons. The van der Waals surface area contributed by atoms with Crippen LogP contribution in [-0.4, -0.2) is 18.4 Å². The molecule has 0 aromatic heterocycles. The van der Waals surface area contributed by atoms with E-state index in [4.69, 9.17) is 4.74 Å². The normalized spacial score (nSPS) is 10.3. The van der Waals surface area contributed by atoms with Gasteiger partial charge in [0.25, 0.3) is 5.91 Å². The molecule has 0 heterocycles. The molecule has 4 nitrogen and oxygen atoms in total. The Bertz CT molecular complexity index is 730. The van der Waals surface area contributed by atoms with Crippen LogP contribution >= 0.6 is 0 Å². The van der Waals surface area contributed by atoms with E-state index >= 15 is 0 Å². The molecule has 0 fully saturated rings. The van der Waals surface area contributed by atoms with E-state index in [1.165, 1.54) is 0 Å². The van der Waals surface area contributed by atoms with Crippen LogP contribution in [0.15, 0.2) is 42.5 Å². The summed E-state index contributed by atoms with van der Waals surface area (Å²) in [5, 5.41) is 2.39. The van der Waals surface area contributed by atoms with Crippen LogP contribution in [0.3, 0.4) is 0 Å². The molecule has 2 aromatic carbocycles. The number of benzene rings is 2. The van der Waals surface area contributed by atoms with Crippen LogP contribution < -0.4 is 10.1 Å². The van der Waals surface area contributed by atoms with Crippen LogP contribution in [0.1, 0.15) is 29.3 Å². The van der Waals surface area contributed by atoms with Gasteiger partial charge in [-0.15, -0.1) is 0 Å². The number of rotatable bonds is 6. The molecule has 0 radical (unpaired) electrons. The van der Waals surface area contributed by atoms with Crippen molar-refractivity contribution in [1.29, 1.82) is 0 Å². The van der Waals surface area contributed by atoms with Gasteiger partial charge in [-0.25, -0.2) is 8.78 Å². The number of ether oxygens (including phenoxy) is 1. The molecule has 0 saturated carbocycles. The maximum Gasteiger partial charge on any atom is 0.312 e. The lowest BCUT2D eigenvalue weighted by Crippen LogP contribution is -2.27. The molecule has 0 atom stereocenters. The molecule has 0 unspecified atom stereocenters. The van der Waals surface area contributed by atoms with Gasteiger partial charge in [0.15, 0.2) is 0 Å². The summed E-state index contributed by atoms with van der Waals surface area (Å²) in [6.45, 7) is 2.01. The topological polar surface area (TPSA) is 55.4 Å². The Kier molecular flexibility index (Phi) is 6.01. The summed E-state index contributed by atoms with van der Waals surface area (Å²) in [6.07, 6.45) is 0.824. The Morgan fingerprint density at radius 1 is 1.08 bits per heavy atom. The monoisotopic (exact) mass is 333 g/mol. The van der Waals surface area contributed by atoms with E-state index in [0.29, 0.717) is 11.8 Å². The first-order chi connectivity index (χ1) is 11.5. The van der Waals surface area contributed by atoms with Crippen molar-refractivity contribution in [3.63, 3.8) is 0 Å². The highest BCUT2D eigenvalue weighted by Crippen LogP contribution is 2.13. The van der Waals surface area contributed by atoms with E-state index in [0.717, 1.165) is 24.1 Å². The number of halogens is 2. The summed E-state index contributed by atoms with van der Waals surface area (Å²) in [4.78, 5) is 23.5. The minimum atomic E-state index is -0.953. The Morgan fingerprint density at radius 2 is 1.79 bits per heavy atom. The first kappa shape index (κ1) is 17.6. The van der Waals surface area contributed by atoms with Gasteiger partial charge in [-0.2, -0.15) is 0 Å². The van der Waals surface area contributed by atoms with Crippen LogP contribution in [0, 0.1) is 11.6 Å². The highest BCUT2D eigenvalue weighted by atomic mass is 19.1. The molecule has 24 heavy (non-hydrogen) atoms. The standard InChI is InChI=1S/C18H17F2NO3/c1-2-12-3-6-14(7-4-12)24-17(22)9-10-21-18(23)15-8-5-13(19)11-16(15)20/h3-8,11H,2,9-10H2,1H3,(H,21,23). The number of esters is 1. The minimum Gasteiger partial charge on any atom is -0.426 e. The molecule has 0 bridgehead atoms. The molecule has 1 N–H and O–H groups in total. The first-order valence-electron chi connectivity index (χ1n) is 7.52. The maximum absolute atomic E-state index is 13.4. The quantitative estimate of drug-likeness (QED) is 0.652. The third-order valence-electron chi connectivity index (χ3n) is 3.35. The van der Waals surface area contributed by atoms with E-state index in [1.807, 2.05) is 19.1 Å². The van der Waals surface area contributed by atoms with E-state index in [1.54, 1.807) is 12.1 Å². The summed E-state index contributed by atoms with van der Waals surface area (Å²) in [5.74, 6) is -2.52. The van der Waals surface area contributed by atoms with Crippen molar-refractivity contribution in [1.82, 2.24) is 5.32 Å². The second kappa shape index (κ2) is 8.19. The molecule has 1 amide bonds. The van der Waals surface area contributed by atoms with E-state index < -0.39 is 23.5 Å². The van der Waals surface area contributed by atoms with Gasteiger partial charge in [-0.05, 0) is 36.2 Å². The molecule has 6 heteroatoms. The Morgan fingerprint density at radius 3 is 2.42 bits per heavy atom. The summed E-state index contributed by atoms with van der Waals surface area (Å²) < 4.78 is 31.4. The van der Waals surface area contributed by atoms with Crippen LogP contribution in [-0.2, 0) is 11.2 Å². The second-order valence-corrected chi connectivity index (χ2v) is 5.10. The van der Waals surface area contributed by atoms with Gasteiger partial charge in [0.2, 0.25) is 0 Å². The largest absolute Gasteiger partial charge is 0.426 e. The minimum absolute atomic E-state index is 0.0124. The van der Waals surface area contributed by atoms with Crippen molar-refractivity contribution in [2.45, 2.75) is 19.8 Å².